The highest BCUT2D eigenvalue weighted by Crippen LogP contribution is 2.32. The van der Waals surface area contributed by atoms with Crippen molar-refractivity contribution in [1.29, 1.82) is 0 Å². The Morgan fingerprint density at radius 2 is 2.24 bits per heavy atom. The van der Waals surface area contributed by atoms with E-state index < -0.39 is 45.0 Å². The molecule has 0 radical (unpaired) electrons. The lowest BCUT2D eigenvalue weighted by molar-refractivity contribution is -0.0476. The van der Waals surface area contributed by atoms with Crippen LogP contribution in [0.2, 0.25) is 0 Å². The minimum Gasteiger partial charge on any atom is -0.387 e. The van der Waals surface area contributed by atoms with Gasteiger partial charge >= 0.3 is 8.25 Å². The lowest BCUT2D eigenvalue weighted by atomic mass is 10.1. The molecule has 1 fully saturated rings. The molecule has 0 bridgehead atoms. The van der Waals surface area contributed by atoms with Crippen molar-refractivity contribution < 1.29 is 28.9 Å². The van der Waals surface area contributed by atoms with Crippen LogP contribution in [0.3, 0.4) is 0 Å². The summed E-state index contributed by atoms with van der Waals surface area (Å²) >= 11 is 0. The summed E-state index contributed by atoms with van der Waals surface area (Å²) in [6, 6.07) is 0. The molecule has 2 aromatic rings. The molecule has 2 aromatic heterocycles. The molecular formula is C10H14N7O7P. The summed E-state index contributed by atoms with van der Waals surface area (Å²) in [5.74, 6) is 4.74. The van der Waals surface area contributed by atoms with Gasteiger partial charge in [0.2, 0.25) is 0 Å². The van der Waals surface area contributed by atoms with Gasteiger partial charge in [0.15, 0.2) is 17.4 Å². The van der Waals surface area contributed by atoms with Gasteiger partial charge in [-0.1, -0.05) is 10.3 Å². The molecule has 0 aliphatic carbocycles. The first kappa shape index (κ1) is 17.6. The zero-order chi connectivity index (χ0) is 18.1. The van der Waals surface area contributed by atoms with Crippen LogP contribution in [0.4, 0.5) is 5.95 Å². The van der Waals surface area contributed by atoms with Gasteiger partial charge in [0.1, 0.15) is 18.3 Å². The van der Waals surface area contributed by atoms with Crippen LogP contribution >= 0.6 is 8.25 Å². The fourth-order valence-electron chi connectivity index (χ4n) is 2.45. The number of imidazole rings is 1. The number of aliphatic hydroxyl groups is 2. The molecule has 0 saturated carbocycles. The first-order chi connectivity index (χ1) is 11.9. The summed E-state index contributed by atoms with van der Waals surface area (Å²) < 4.78 is 21.9. The highest BCUT2D eigenvalue weighted by Gasteiger charge is 2.44. The van der Waals surface area contributed by atoms with Crippen LogP contribution in [0.15, 0.2) is 21.5 Å². The molecule has 136 valence electrons. The van der Waals surface area contributed by atoms with Crippen LogP contribution in [0.25, 0.3) is 11.2 Å². The smallest absolute Gasteiger partial charge is 0.316 e. The van der Waals surface area contributed by atoms with E-state index in [2.05, 4.69) is 29.8 Å². The van der Waals surface area contributed by atoms with Crippen LogP contribution in [-0.2, 0) is 13.8 Å². The number of aromatic amines is 1. The number of nitrogens with two attached hydrogens (primary N) is 1. The molecule has 15 heteroatoms. The quantitative estimate of drug-likeness (QED) is 0.169. The normalized spacial score (nSPS) is 28.1. The van der Waals surface area contributed by atoms with Crippen LogP contribution < -0.4 is 11.4 Å². The second-order valence-electron chi connectivity index (χ2n) is 5.05. The van der Waals surface area contributed by atoms with E-state index in [9.17, 15) is 19.6 Å². The van der Waals surface area contributed by atoms with Crippen molar-refractivity contribution in [1.82, 2.24) is 19.5 Å². The van der Waals surface area contributed by atoms with Crippen LogP contribution in [0.5, 0.6) is 0 Å². The highest BCUT2D eigenvalue weighted by atomic mass is 31.1. The van der Waals surface area contributed by atoms with Crippen LogP contribution in [-0.4, -0.2) is 59.5 Å². The van der Waals surface area contributed by atoms with Crippen molar-refractivity contribution in [2.75, 3.05) is 6.61 Å². The minimum atomic E-state index is -3.22. The van der Waals surface area contributed by atoms with E-state index in [0.29, 0.717) is 0 Å². The molecule has 0 aromatic carbocycles. The molecule has 6 N–H and O–H groups in total. The van der Waals surface area contributed by atoms with E-state index in [4.69, 9.17) is 15.5 Å². The van der Waals surface area contributed by atoms with E-state index in [1.165, 1.54) is 10.9 Å². The first-order valence-electron chi connectivity index (χ1n) is 6.87. The number of aliphatic hydroxyl groups excluding tert-OH is 2. The van der Waals surface area contributed by atoms with Gasteiger partial charge < -0.3 is 30.2 Å². The Labute approximate surface area is 138 Å². The van der Waals surface area contributed by atoms with Gasteiger partial charge in [-0.25, -0.2) is 4.98 Å². The van der Waals surface area contributed by atoms with E-state index in [0.717, 1.165) is 0 Å². The Morgan fingerprint density at radius 1 is 1.48 bits per heavy atom. The summed E-state index contributed by atoms with van der Waals surface area (Å²) in [6.45, 7) is -0.406. The number of fused-ring (bicyclic) bond motifs is 1. The third kappa shape index (κ3) is 3.30. The fraction of sp³-hybridized carbons (Fsp3) is 0.500. The van der Waals surface area contributed by atoms with Crippen molar-refractivity contribution >= 4 is 25.4 Å². The Morgan fingerprint density at radius 3 is 2.92 bits per heavy atom. The summed E-state index contributed by atoms with van der Waals surface area (Å²) in [6.07, 6.45) is -3.85. The molecule has 25 heavy (non-hydrogen) atoms. The zero-order valence-electron chi connectivity index (χ0n) is 12.4. The maximum Gasteiger partial charge on any atom is 0.316 e. The average Bonchev–Trinajstić information content (AvgIpc) is 3.09. The largest absolute Gasteiger partial charge is 0.387 e. The van der Waals surface area contributed by atoms with Gasteiger partial charge in [0.25, 0.3) is 11.5 Å². The van der Waals surface area contributed by atoms with Crippen LogP contribution in [0, 0.1) is 0 Å². The number of hydrogen-bond acceptors (Lipinski definition) is 10. The monoisotopic (exact) mass is 375 g/mol. The van der Waals surface area contributed by atoms with Crippen molar-refractivity contribution in [3.8, 4) is 0 Å². The number of nitrogens with zero attached hydrogens (tertiary/aromatic N) is 5. The Kier molecular flexibility index (Phi) is 4.89. The molecule has 0 spiro atoms. The van der Waals surface area contributed by atoms with Gasteiger partial charge in [-0.05, 0) is 0 Å². The lowest BCUT2D eigenvalue weighted by Gasteiger charge is -2.16. The summed E-state index contributed by atoms with van der Waals surface area (Å²) in [4.78, 5) is 30.8. The number of rotatable bonds is 5. The molecule has 1 saturated heterocycles. The van der Waals surface area contributed by atoms with Gasteiger partial charge in [-0.3, -0.25) is 18.9 Å². The molecule has 3 rings (SSSR count). The molecule has 1 aliphatic heterocycles. The Balaban J connectivity index is 1.96. The number of ether oxygens (including phenoxy) is 1. The van der Waals surface area contributed by atoms with Crippen LogP contribution in [0.1, 0.15) is 6.23 Å². The Hall–Kier alpha value is -2.22. The summed E-state index contributed by atoms with van der Waals surface area (Å²) in [5.41, 5.74) is -0.654. The molecule has 3 heterocycles. The predicted molar refractivity (Wildman–Crippen MR) is 79.9 cm³/mol. The maximum absolute atomic E-state index is 11.9. The molecule has 5 atom stereocenters. The lowest BCUT2D eigenvalue weighted by Crippen LogP contribution is -2.33. The van der Waals surface area contributed by atoms with E-state index in [1.807, 2.05) is 0 Å². The highest BCUT2D eigenvalue weighted by molar-refractivity contribution is 7.32. The fourth-order valence-corrected chi connectivity index (χ4v) is 2.76. The van der Waals surface area contributed by atoms with Gasteiger partial charge in [0.05, 0.1) is 12.9 Å². The number of aromatic nitrogens is 4. The summed E-state index contributed by atoms with van der Waals surface area (Å²) in [7, 11) is -3.22. The number of nitrogens with one attached hydrogen (secondary N) is 1. The van der Waals surface area contributed by atoms with Crippen molar-refractivity contribution in [2.45, 2.75) is 24.5 Å². The third-order valence-corrected chi connectivity index (χ3v) is 3.97. The average molecular weight is 375 g/mol. The second-order valence-corrected chi connectivity index (χ2v) is 5.87. The van der Waals surface area contributed by atoms with Gasteiger partial charge in [-0.2, -0.15) is 4.98 Å². The first-order valence-corrected chi connectivity index (χ1v) is 8.14. The number of H-pyrrole nitrogens is 1. The van der Waals surface area contributed by atoms with Crippen molar-refractivity contribution in [3.05, 3.63) is 16.7 Å². The molecular weight excluding hydrogens is 361 g/mol. The van der Waals surface area contributed by atoms with E-state index in [-0.39, 0.29) is 17.1 Å². The standard InChI is InChI=1S/C10H14N7O7P/c11-16-15-10-13-7-4(8(20)14-10)12-2-17(7)9-6(19)5(18)3(24-9)1-23-25(21)22/h2-3,5-6,9,18-19,25H,1H2,(H,21,22)(H3,11,13,14,15,20)/t3-,5?,6?,9-/m1/s1. The van der Waals surface area contributed by atoms with Crippen molar-refractivity contribution in [2.24, 2.45) is 16.2 Å². The Bertz CT molecular complexity index is 882. The zero-order valence-corrected chi connectivity index (χ0v) is 13.4. The van der Waals surface area contributed by atoms with Gasteiger partial charge in [-0.15, -0.1) is 0 Å². The second kappa shape index (κ2) is 6.95. The topological polar surface area (TPSA) is 211 Å². The number of hydrogen-bond donors (Lipinski definition) is 5. The minimum absolute atomic E-state index is 0.0136. The molecule has 1 aliphatic rings. The van der Waals surface area contributed by atoms with Crippen molar-refractivity contribution in [3.63, 3.8) is 0 Å². The molecule has 14 nitrogen and oxygen atoms in total. The van der Waals surface area contributed by atoms with E-state index >= 15 is 0 Å². The molecule has 0 amide bonds. The van der Waals surface area contributed by atoms with Gasteiger partial charge in [0, 0.05) is 0 Å². The third-order valence-electron chi connectivity index (χ3n) is 3.55. The molecule has 3 unspecified atom stereocenters. The predicted octanol–water partition coefficient (Wildman–Crippen LogP) is -1.91. The SMILES string of the molecule is NN=Nc1nc2c(ncn2[C@@H]2O[C@H](CO[PH](=O)O)C(O)C2O)c(=O)[nH]1. The van der Waals surface area contributed by atoms with E-state index in [1.54, 1.807) is 0 Å². The summed E-state index contributed by atoms with van der Waals surface area (Å²) in [5, 5.41) is 26.6. The maximum atomic E-state index is 11.9.